The average molecular weight is 219 g/mol. The number of aromatic nitrogens is 2. The first-order valence-corrected chi connectivity index (χ1v) is 4.66. The third-order valence-electron chi connectivity index (χ3n) is 1.93. The molecule has 0 saturated carbocycles. The second kappa shape index (κ2) is 4.14. The van der Waals surface area contributed by atoms with Crippen LogP contribution in [0.25, 0.3) is 0 Å². The van der Waals surface area contributed by atoms with Gasteiger partial charge >= 0.3 is 0 Å². The van der Waals surface area contributed by atoms with Crippen LogP contribution in [0.1, 0.15) is 5.56 Å². The Bertz CT molecular complexity index is 516. The quantitative estimate of drug-likeness (QED) is 0.841. The lowest BCUT2D eigenvalue weighted by Gasteiger charge is -2.06. The predicted octanol–water partition coefficient (Wildman–Crippen LogP) is 2.30. The van der Waals surface area contributed by atoms with Crippen molar-refractivity contribution in [2.45, 2.75) is 6.92 Å². The van der Waals surface area contributed by atoms with Gasteiger partial charge in [-0.15, -0.1) is 0 Å². The molecule has 0 saturated heterocycles. The molecule has 0 fully saturated rings. The molecule has 0 atom stereocenters. The summed E-state index contributed by atoms with van der Waals surface area (Å²) in [5.41, 5.74) is 6.33. The summed E-state index contributed by atoms with van der Waals surface area (Å²) in [4.78, 5) is 7.66. The zero-order chi connectivity index (χ0) is 11.5. The number of hydrogen-bond acceptors (Lipinski definition) is 4. The fourth-order valence-corrected chi connectivity index (χ4v) is 1.21. The Hall–Kier alpha value is -2.17. The van der Waals surface area contributed by atoms with Crippen LogP contribution in [-0.4, -0.2) is 9.97 Å². The summed E-state index contributed by atoms with van der Waals surface area (Å²) in [6.07, 6.45) is 2.76. The number of halogens is 1. The first-order chi connectivity index (χ1) is 7.65. The number of anilines is 1. The largest absolute Gasteiger partial charge is 0.434 e. The maximum absolute atomic E-state index is 13.4. The van der Waals surface area contributed by atoms with Crippen LogP contribution in [0, 0.1) is 12.7 Å². The van der Waals surface area contributed by atoms with Gasteiger partial charge in [0.1, 0.15) is 5.82 Å². The standard InChI is InChI=1S/C11H10FN3O/c1-7-2-3-8(12)9(4-7)16-11-6-14-5-10(13)15-11/h2-6H,1H3,(H2,13,15). The topological polar surface area (TPSA) is 61.0 Å². The molecule has 0 aliphatic rings. The molecule has 0 amide bonds. The molecule has 16 heavy (non-hydrogen) atoms. The van der Waals surface area contributed by atoms with Gasteiger partial charge in [0.05, 0.1) is 12.4 Å². The highest BCUT2D eigenvalue weighted by molar-refractivity contribution is 5.33. The Kier molecular flexibility index (Phi) is 2.68. The van der Waals surface area contributed by atoms with Gasteiger partial charge in [-0.25, -0.2) is 4.39 Å². The highest BCUT2D eigenvalue weighted by atomic mass is 19.1. The van der Waals surface area contributed by atoms with Crippen LogP contribution in [-0.2, 0) is 0 Å². The average Bonchev–Trinajstić information content (AvgIpc) is 2.24. The minimum atomic E-state index is -0.449. The second-order valence-electron chi connectivity index (χ2n) is 3.32. The molecule has 1 heterocycles. The minimum Gasteiger partial charge on any atom is -0.434 e. The van der Waals surface area contributed by atoms with E-state index in [0.717, 1.165) is 5.56 Å². The van der Waals surface area contributed by atoms with E-state index >= 15 is 0 Å². The van der Waals surface area contributed by atoms with Crippen molar-refractivity contribution in [2.24, 2.45) is 0 Å². The van der Waals surface area contributed by atoms with E-state index in [2.05, 4.69) is 9.97 Å². The van der Waals surface area contributed by atoms with E-state index in [1.807, 2.05) is 6.92 Å². The van der Waals surface area contributed by atoms with Gasteiger partial charge < -0.3 is 10.5 Å². The van der Waals surface area contributed by atoms with Gasteiger partial charge in [0.15, 0.2) is 11.6 Å². The Morgan fingerprint density at radius 1 is 1.31 bits per heavy atom. The van der Waals surface area contributed by atoms with E-state index in [1.165, 1.54) is 18.5 Å². The Labute approximate surface area is 91.9 Å². The van der Waals surface area contributed by atoms with E-state index < -0.39 is 5.82 Å². The first kappa shape index (κ1) is 10.4. The van der Waals surface area contributed by atoms with Crippen LogP contribution in [0.4, 0.5) is 10.2 Å². The monoisotopic (exact) mass is 219 g/mol. The summed E-state index contributed by atoms with van der Waals surface area (Å²) >= 11 is 0. The van der Waals surface area contributed by atoms with Crippen molar-refractivity contribution in [3.8, 4) is 11.6 Å². The van der Waals surface area contributed by atoms with E-state index in [1.54, 1.807) is 12.1 Å². The van der Waals surface area contributed by atoms with Crippen molar-refractivity contribution in [1.29, 1.82) is 0 Å². The molecular weight excluding hydrogens is 209 g/mol. The molecule has 0 aliphatic carbocycles. The molecule has 0 bridgehead atoms. The van der Waals surface area contributed by atoms with Crippen LogP contribution in [0.3, 0.4) is 0 Å². The molecule has 0 spiro atoms. The molecule has 2 rings (SSSR count). The van der Waals surface area contributed by atoms with Gasteiger partial charge in [0, 0.05) is 0 Å². The van der Waals surface area contributed by atoms with E-state index in [0.29, 0.717) is 0 Å². The van der Waals surface area contributed by atoms with Crippen LogP contribution >= 0.6 is 0 Å². The van der Waals surface area contributed by atoms with Gasteiger partial charge in [-0.3, -0.25) is 4.98 Å². The third-order valence-corrected chi connectivity index (χ3v) is 1.93. The first-order valence-electron chi connectivity index (χ1n) is 4.66. The molecule has 82 valence electrons. The third kappa shape index (κ3) is 2.25. The van der Waals surface area contributed by atoms with Gasteiger partial charge in [-0.2, -0.15) is 4.98 Å². The molecular formula is C11H10FN3O. The van der Waals surface area contributed by atoms with Gasteiger partial charge in [-0.05, 0) is 24.6 Å². The maximum Gasteiger partial charge on any atom is 0.239 e. The van der Waals surface area contributed by atoms with Crippen molar-refractivity contribution < 1.29 is 9.13 Å². The van der Waals surface area contributed by atoms with Crippen molar-refractivity contribution in [1.82, 2.24) is 9.97 Å². The number of ether oxygens (including phenoxy) is 1. The lowest BCUT2D eigenvalue weighted by molar-refractivity contribution is 0.426. The highest BCUT2D eigenvalue weighted by Gasteiger charge is 2.06. The number of nitrogens with zero attached hydrogens (tertiary/aromatic N) is 2. The van der Waals surface area contributed by atoms with Crippen molar-refractivity contribution in [3.63, 3.8) is 0 Å². The zero-order valence-electron chi connectivity index (χ0n) is 8.64. The number of rotatable bonds is 2. The van der Waals surface area contributed by atoms with E-state index in [-0.39, 0.29) is 17.4 Å². The fraction of sp³-hybridized carbons (Fsp3) is 0.0909. The molecule has 1 aromatic carbocycles. The molecule has 0 unspecified atom stereocenters. The number of hydrogen-bond donors (Lipinski definition) is 1. The summed E-state index contributed by atoms with van der Waals surface area (Å²) in [6, 6.07) is 4.58. The number of nitrogen functional groups attached to an aromatic ring is 1. The lowest BCUT2D eigenvalue weighted by atomic mass is 10.2. The summed E-state index contributed by atoms with van der Waals surface area (Å²) < 4.78 is 18.6. The fourth-order valence-electron chi connectivity index (χ4n) is 1.21. The lowest BCUT2D eigenvalue weighted by Crippen LogP contribution is -1.96. The van der Waals surface area contributed by atoms with Crippen molar-refractivity contribution >= 4 is 5.82 Å². The van der Waals surface area contributed by atoms with E-state index in [4.69, 9.17) is 10.5 Å². The Balaban J connectivity index is 2.30. The number of aryl methyl sites for hydroxylation is 1. The smallest absolute Gasteiger partial charge is 0.239 e. The van der Waals surface area contributed by atoms with Crippen LogP contribution in [0.2, 0.25) is 0 Å². The van der Waals surface area contributed by atoms with E-state index in [9.17, 15) is 4.39 Å². The second-order valence-corrected chi connectivity index (χ2v) is 3.32. The number of nitrogens with two attached hydrogens (primary N) is 1. The minimum absolute atomic E-state index is 0.111. The summed E-state index contributed by atoms with van der Waals surface area (Å²) in [6.45, 7) is 1.84. The van der Waals surface area contributed by atoms with Gasteiger partial charge in [0.2, 0.25) is 5.88 Å². The molecule has 5 heteroatoms. The maximum atomic E-state index is 13.4. The molecule has 0 radical (unpaired) electrons. The summed E-state index contributed by atoms with van der Waals surface area (Å²) in [7, 11) is 0. The molecule has 4 nitrogen and oxygen atoms in total. The Morgan fingerprint density at radius 2 is 2.12 bits per heavy atom. The summed E-state index contributed by atoms with van der Waals surface area (Å²) in [5, 5.41) is 0. The molecule has 2 aromatic rings. The molecule has 2 N–H and O–H groups in total. The van der Waals surface area contributed by atoms with Crippen molar-refractivity contribution in [2.75, 3.05) is 5.73 Å². The zero-order valence-corrected chi connectivity index (χ0v) is 8.64. The van der Waals surface area contributed by atoms with Crippen LogP contribution in [0.5, 0.6) is 11.6 Å². The van der Waals surface area contributed by atoms with Gasteiger partial charge in [0.25, 0.3) is 0 Å². The summed E-state index contributed by atoms with van der Waals surface area (Å²) in [5.74, 6) is 0.0600. The Morgan fingerprint density at radius 3 is 2.88 bits per heavy atom. The van der Waals surface area contributed by atoms with Crippen LogP contribution in [0.15, 0.2) is 30.6 Å². The van der Waals surface area contributed by atoms with Crippen LogP contribution < -0.4 is 10.5 Å². The molecule has 0 aliphatic heterocycles. The predicted molar refractivity (Wildman–Crippen MR) is 57.7 cm³/mol. The highest BCUT2D eigenvalue weighted by Crippen LogP contribution is 2.23. The van der Waals surface area contributed by atoms with Gasteiger partial charge in [-0.1, -0.05) is 6.07 Å². The SMILES string of the molecule is Cc1ccc(F)c(Oc2cncc(N)n2)c1. The normalized spacial score (nSPS) is 10.1. The van der Waals surface area contributed by atoms with Crippen molar-refractivity contribution in [3.05, 3.63) is 42.0 Å². The molecule has 1 aromatic heterocycles. The number of benzene rings is 1.